The molecule has 0 aliphatic carbocycles. The van der Waals surface area contributed by atoms with E-state index in [2.05, 4.69) is 28.3 Å². The maximum atomic E-state index is 3.49. The van der Waals surface area contributed by atoms with E-state index in [1.54, 1.807) is 21.6 Å². The SMILES string of the molecule is C1=CC(NC2C=CSS2)SS1. The molecule has 1 N–H and O–H groups in total. The van der Waals surface area contributed by atoms with Gasteiger partial charge in [-0.05, 0) is 23.0 Å². The van der Waals surface area contributed by atoms with Crippen LogP contribution in [-0.2, 0) is 0 Å². The van der Waals surface area contributed by atoms with Crippen LogP contribution in [0.5, 0.6) is 0 Å². The third-order valence-corrected chi connectivity index (χ3v) is 5.60. The predicted octanol–water partition coefficient (Wildman–Crippen LogP) is 3.05. The van der Waals surface area contributed by atoms with Gasteiger partial charge < -0.3 is 0 Å². The standard InChI is InChI=1S/C6H7NS4/c1-3-8-10-5(1)7-6-2-4-9-11-6/h1-7H. The Labute approximate surface area is 82.0 Å². The minimum absolute atomic E-state index is 0.501. The molecule has 0 aromatic heterocycles. The molecule has 0 aromatic carbocycles. The number of nitrogens with one attached hydrogen (secondary N) is 1. The van der Waals surface area contributed by atoms with Crippen molar-refractivity contribution < 1.29 is 0 Å². The molecule has 0 saturated heterocycles. The Kier molecular flexibility index (Phi) is 3.21. The topological polar surface area (TPSA) is 12.0 Å². The van der Waals surface area contributed by atoms with Gasteiger partial charge in [0.2, 0.25) is 0 Å². The summed E-state index contributed by atoms with van der Waals surface area (Å²) in [6.45, 7) is 0. The molecule has 0 spiro atoms. The smallest absolute Gasteiger partial charge is 0.0845 e. The van der Waals surface area contributed by atoms with Crippen LogP contribution >= 0.6 is 43.2 Å². The zero-order valence-electron chi connectivity index (χ0n) is 5.60. The van der Waals surface area contributed by atoms with Crippen LogP contribution in [0.1, 0.15) is 0 Å². The van der Waals surface area contributed by atoms with Crippen LogP contribution < -0.4 is 5.32 Å². The van der Waals surface area contributed by atoms with Crippen molar-refractivity contribution in [1.82, 2.24) is 5.32 Å². The molecule has 0 saturated carbocycles. The van der Waals surface area contributed by atoms with Gasteiger partial charge in [0.15, 0.2) is 0 Å². The summed E-state index contributed by atoms with van der Waals surface area (Å²) < 4.78 is 0. The van der Waals surface area contributed by atoms with E-state index in [9.17, 15) is 0 Å². The van der Waals surface area contributed by atoms with Crippen molar-refractivity contribution in [3.8, 4) is 0 Å². The van der Waals surface area contributed by atoms with Gasteiger partial charge in [-0.1, -0.05) is 43.2 Å². The molecule has 2 rings (SSSR count). The van der Waals surface area contributed by atoms with E-state index >= 15 is 0 Å². The molecule has 2 aliphatic heterocycles. The van der Waals surface area contributed by atoms with E-state index in [0.29, 0.717) is 10.7 Å². The predicted molar refractivity (Wildman–Crippen MR) is 59.4 cm³/mol. The van der Waals surface area contributed by atoms with E-state index in [1.165, 1.54) is 0 Å². The Bertz CT molecular complexity index is 171. The molecule has 0 bridgehead atoms. The lowest BCUT2D eigenvalue weighted by Crippen LogP contribution is -2.28. The van der Waals surface area contributed by atoms with Crippen molar-refractivity contribution in [2.45, 2.75) is 10.7 Å². The Hall–Kier alpha value is 0.840. The van der Waals surface area contributed by atoms with Gasteiger partial charge in [-0.15, -0.1) is 0 Å². The molecule has 2 atom stereocenters. The second-order valence-corrected chi connectivity index (χ2v) is 6.69. The molecule has 2 heterocycles. The van der Waals surface area contributed by atoms with Crippen molar-refractivity contribution in [1.29, 1.82) is 0 Å². The quantitative estimate of drug-likeness (QED) is 0.717. The summed E-state index contributed by atoms with van der Waals surface area (Å²) in [6, 6.07) is 0. The van der Waals surface area contributed by atoms with Gasteiger partial charge in [-0.3, -0.25) is 5.32 Å². The van der Waals surface area contributed by atoms with Gasteiger partial charge in [0.1, 0.15) is 0 Å². The van der Waals surface area contributed by atoms with Crippen molar-refractivity contribution in [3.63, 3.8) is 0 Å². The van der Waals surface area contributed by atoms with Crippen molar-refractivity contribution in [2.75, 3.05) is 0 Å². The molecule has 5 heteroatoms. The number of rotatable bonds is 2. The van der Waals surface area contributed by atoms with Crippen LogP contribution in [0.3, 0.4) is 0 Å². The van der Waals surface area contributed by atoms with E-state index in [4.69, 9.17) is 0 Å². The van der Waals surface area contributed by atoms with Crippen LogP contribution in [0.4, 0.5) is 0 Å². The molecule has 2 aliphatic rings. The van der Waals surface area contributed by atoms with E-state index in [0.717, 1.165) is 0 Å². The lowest BCUT2D eigenvalue weighted by molar-refractivity contribution is 0.770. The first-order valence-electron chi connectivity index (χ1n) is 3.19. The van der Waals surface area contributed by atoms with Crippen molar-refractivity contribution in [3.05, 3.63) is 23.0 Å². The number of hydrogen-bond donors (Lipinski definition) is 1. The first-order valence-corrected chi connectivity index (χ1v) is 7.74. The molecule has 0 radical (unpaired) electrons. The first kappa shape index (κ1) is 8.44. The molecule has 2 unspecified atom stereocenters. The molecule has 0 fully saturated rings. The fraction of sp³-hybridized carbons (Fsp3) is 0.333. The van der Waals surface area contributed by atoms with Crippen LogP contribution in [0.15, 0.2) is 23.0 Å². The summed E-state index contributed by atoms with van der Waals surface area (Å²) in [5.74, 6) is 0. The monoisotopic (exact) mass is 221 g/mol. The van der Waals surface area contributed by atoms with Gasteiger partial charge >= 0.3 is 0 Å². The number of hydrogen-bond acceptors (Lipinski definition) is 5. The molecule has 0 aromatic rings. The van der Waals surface area contributed by atoms with Crippen LogP contribution in [0.25, 0.3) is 0 Å². The molecular weight excluding hydrogens is 214 g/mol. The Morgan fingerprint density at radius 2 is 1.45 bits per heavy atom. The summed E-state index contributed by atoms with van der Waals surface area (Å²) in [5.41, 5.74) is 0. The van der Waals surface area contributed by atoms with E-state index in [1.807, 2.05) is 21.6 Å². The molecule has 0 amide bonds. The summed E-state index contributed by atoms with van der Waals surface area (Å²) in [5, 5.41) is 8.77. The lowest BCUT2D eigenvalue weighted by atomic mass is 10.5. The fourth-order valence-corrected chi connectivity index (χ4v) is 4.77. The molecular formula is C6H7NS4. The largest absolute Gasteiger partial charge is 0.286 e. The Balaban J connectivity index is 1.80. The maximum Gasteiger partial charge on any atom is 0.0845 e. The summed E-state index contributed by atoms with van der Waals surface area (Å²) in [4.78, 5) is 0. The van der Waals surface area contributed by atoms with Gasteiger partial charge in [0, 0.05) is 0 Å². The van der Waals surface area contributed by atoms with Crippen LogP contribution in [0, 0.1) is 0 Å². The third kappa shape index (κ3) is 2.39. The second-order valence-electron chi connectivity index (χ2n) is 2.05. The van der Waals surface area contributed by atoms with Crippen LogP contribution in [-0.4, -0.2) is 10.7 Å². The van der Waals surface area contributed by atoms with Crippen LogP contribution in [0.2, 0.25) is 0 Å². The average molecular weight is 221 g/mol. The van der Waals surface area contributed by atoms with Gasteiger partial charge in [0.05, 0.1) is 10.7 Å². The maximum absolute atomic E-state index is 3.49. The molecule has 1 nitrogen and oxygen atoms in total. The second kappa shape index (κ2) is 4.18. The van der Waals surface area contributed by atoms with Gasteiger partial charge in [-0.2, -0.15) is 0 Å². The first-order chi connectivity index (χ1) is 5.45. The minimum atomic E-state index is 0.501. The van der Waals surface area contributed by atoms with Gasteiger partial charge in [0.25, 0.3) is 0 Å². The average Bonchev–Trinajstić information content (AvgIpc) is 2.60. The summed E-state index contributed by atoms with van der Waals surface area (Å²) >= 11 is 0. The summed E-state index contributed by atoms with van der Waals surface area (Å²) in [7, 11) is 7.33. The lowest BCUT2D eigenvalue weighted by Gasteiger charge is -2.12. The normalized spacial score (nSPS) is 35.3. The highest BCUT2D eigenvalue weighted by atomic mass is 33.1. The Morgan fingerprint density at radius 1 is 0.909 bits per heavy atom. The highest BCUT2D eigenvalue weighted by Crippen LogP contribution is 2.38. The van der Waals surface area contributed by atoms with Gasteiger partial charge in [-0.25, -0.2) is 0 Å². The molecule has 11 heavy (non-hydrogen) atoms. The highest BCUT2D eigenvalue weighted by Gasteiger charge is 2.16. The zero-order valence-corrected chi connectivity index (χ0v) is 8.86. The van der Waals surface area contributed by atoms with E-state index < -0.39 is 0 Å². The highest BCUT2D eigenvalue weighted by molar-refractivity contribution is 8.79. The Morgan fingerprint density at radius 3 is 1.82 bits per heavy atom. The minimum Gasteiger partial charge on any atom is -0.286 e. The zero-order chi connectivity index (χ0) is 7.52. The van der Waals surface area contributed by atoms with Crippen molar-refractivity contribution >= 4 is 43.2 Å². The fourth-order valence-electron chi connectivity index (χ4n) is 0.783. The molecule has 60 valence electrons. The third-order valence-electron chi connectivity index (χ3n) is 1.26. The van der Waals surface area contributed by atoms with Crippen molar-refractivity contribution in [2.24, 2.45) is 0 Å². The summed E-state index contributed by atoms with van der Waals surface area (Å²) in [6.07, 6.45) is 4.40. The van der Waals surface area contributed by atoms with E-state index in [-0.39, 0.29) is 0 Å².